The first-order chi connectivity index (χ1) is 13.5. The van der Waals surface area contributed by atoms with Gasteiger partial charge in [-0.05, 0) is 17.7 Å². The van der Waals surface area contributed by atoms with Crippen LogP contribution >= 0.6 is 0 Å². The zero-order valence-corrected chi connectivity index (χ0v) is 14.9. The number of esters is 2. The molecule has 7 heteroatoms. The normalized spacial score (nSPS) is 20.9. The fourth-order valence-corrected chi connectivity index (χ4v) is 3.45. The highest BCUT2D eigenvalue weighted by Crippen LogP contribution is 2.30. The second-order valence-corrected chi connectivity index (χ2v) is 6.69. The Morgan fingerprint density at radius 2 is 1.57 bits per heavy atom. The van der Waals surface area contributed by atoms with Gasteiger partial charge in [-0.2, -0.15) is 0 Å². The molecule has 2 aromatic carbocycles. The minimum absolute atomic E-state index is 0.0741. The van der Waals surface area contributed by atoms with Crippen molar-refractivity contribution in [2.75, 3.05) is 0 Å². The Bertz CT molecular complexity index is 919. The standard InChI is InChI=1S/C21H17NO6/c23-18(27-12-13-6-2-1-3-7-13)11-14-10-17(21(26)28-14)22-19(24)15-8-4-5-9-16(15)20(22)25/h1-9,14,17H,10-12H2. The first-order valence-corrected chi connectivity index (χ1v) is 8.91. The Morgan fingerprint density at radius 1 is 0.964 bits per heavy atom. The molecule has 2 unspecified atom stereocenters. The van der Waals surface area contributed by atoms with Gasteiger partial charge in [-0.25, -0.2) is 4.79 Å². The maximum Gasteiger partial charge on any atom is 0.329 e. The highest BCUT2D eigenvalue weighted by atomic mass is 16.6. The highest BCUT2D eigenvalue weighted by Gasteiger charge is 2.48. The van der Waals surface area contributed by atoms with Gasteiger partial charge in [0.2, 0.25) is 0 Å². The van der Waals surface area contributed by atoms with Crippen molar-refractivity contribution >= 4 is 23.8 Å². The van der Waals surface area contributed by atoms with Crippen molar-refractivity contribution in [2.45, 2.75) is 31.6 Å². The van der Waals surface area contributed by atoms with Gasteiger partial charge in [0.25, 0.3) is 11.8 Å². The summed E-state index contributed by atoms with van der Waals surface area (Å²) in [6, 6.07) is 14.6. The maximum atomic E-state index is 12.5. The zero-order valence-electron chi connectivity index (χ0n) is 14.9. The molecule has 2 amide bonds. The van der Waals surface area contributed by atoms with Gasteiger partial charge in [0, 0.05) is 6.42 Å². The summed E-state index contributed by atoms with van der Waals surface area (Å²) >= 11 is 0. The summed E-state index contributed by atoms with van der Waals surface area (Å²) < 4.78 is 10.4. The molecule has 7 nitrogen and oxygen atoms in total. The summed E-state index contributed by atoms with van der Waals surface area (Å²) in [5.41, 5.74) is 1.39. The zero-order chi connectivity index (χ0) is 19.7. The van der Waals surface area contributed by atoms with Crippen molar-refractivity contribution in [1.29, 1.82) is 0 Å². The smallest absolute Gasteiger partial charge is 0.329 e. The van der Waals surface area contributed by atoms with Gasteiger partial charge in [0.1, 0.15) is 18.8 Å². The number of hydrogen-bond acceptors (Lipinski definition) is 6. The van der Waals surface area contributed by atoms with Crippen LogP contribution in [0, 0.1) is 0 Å². The van der Waals surface area contributed by atoms with Gasteiger partial charge >= 0.3 is 11.9 Å². The van der Waals surface area contributed by atoms with E-state index < -0.39 is 35.9 Å². The average molecular weight is 379 g/mol. The van der Waals surface area contributed by atoms with Crippen molar-refractivity contribution in [3.8, 4) is 0 Å². The average Bonchev–Trinajstić information content (AvgIpc) is 3.18. The van der Waals surface area contributed by atoms with Crippen LogP contribution in [0.25, 0.3) is 0 Å². The van der Waals surface area contributed by atoms with E-state index in [1.165, 1.54) is 0 Å². The van der Waals surface area contributed by atoms with E-state index in [9.17, 15) is 19.2 Å². The second kappa shape index (κ2) is 7.26. The van der Waals surface area contributed by atoms with E-state index >= 15 is 0 Å². The number of nitrogens with zero attached hydrogens (tertiary/aromatic N) is 1. The molecule has 0 radical (unpaired) electrons. The number of carbonyl (C=O) groups is 4. The van der Waals surface area contributed by atoms with Crippen LogP contribution in [-0.2, 0) is 25.7 Å². The van der Waals surface area contributed by atoms with E-state index in [-0.39, 0.29) is 30.6 Å². The molecule has 0 spiro atoms. The largest absolute Gasteiger partial charge is 0.461 e. The third kappa shape index (κ3) is 3.26. The van der Waals surface area contributed by atoms with Crippen LogP contribution in [0.15, 0.2) is 54.6 Å². The van der Waals surface area contributed by atoms with Crippen molar-refractivity contribution in [2.24, 2.45) is 0 Å². The first-order valence-electron chi connectivity index (χ1n) is 8.91. The quantitative estimate of drug-likeness (QED) is 0.584. The number of imide groups is 1. The molecular formula is C21H17NO6. The molecule has 2 aliphatic heterocycles. The van der Waals surface area contributed by atoms with Crippen LogP contribution in [-0.4, -0.2) is 40.8 Å². The van der Waals surface area contributed by atoms with Crippen LogP contribution in [0.5, 0.6) is 0 Å². The number of rotatable bonds is 5. The van der Waals surface area contributed by atoms with Crippen LogP contribution in [0.1, 0.15) is 39.1 Å². The Hall–Kier alpha value is -3.48. The monoisotopic (exact) mass is 379 g/mol. The Balaban J connectivity index is 1.37. The lowest BCUT2D eigenvalue weighted by Crippen LogP contribution is -2.42. The summed E-state index contributed by atoms with van der Waals surface area (Å²) in [5, 5.41) is 0. The fourth-order valence-electron chi connectivity index (χ4n) is 3.45. The maximum absolute atomic E-state index is 12.5. The predicted molar refractivity (Wildman–Crippen MR) is 96.1 cm³/mol. The number of ether oxygens (including phenoxy) is 2. The predicted octanol–water partition coefficient (Wildman–Crippen LogP) is 2.10. The third-order valence-corrected chi connectivity index (χ3v) is 4.82. The number of fused-ring (bicyclic) bond motifs is 1. The van der Waals surface area contributed by atoms with Crippen molar-refractivity contribution in [3.63, 3.8) is 0 Å². The van der Waals surface area contributed by atoms with Gasteiger partial charge in [-0.1, -0.05) is 42.5 Å². The number of benzene rings is 2. The molecule has 4 rings (SSSR count). The molecule has 0 saturated carbocycles. The molecule has 1 fully saturated rings. The van der Waals surface area contributed by atoms with Crippen molar-refractivity contribution < 1.29 is 28.7 Å². The SMILES string of the molecule is O=C(CC1CC(N2C(=O)c3ccccc3C2=O)C(=O)O1)OCc1ccccc1. The molecule has 2 aromatic rings. The summed E-state index contributed by atoms with van der Waals surface area (Å²) in [6.07, 6.45) is -0.784. The molecule has 0 aliphatic carbocycles. The summed E-state index contributed by atoms with van der Waals surface area (Å²) in [4.78, 5) is 50.3. The van der Waals surface area contributed by atoms with E-state index in [0.29, 0.717) is 0 Å². The van der Waals surface area contributed by atoms with Gasteiger partial charge in [0.05, 0.1) is 17.5 Å². The van der Waals surface area contributed by atoms with Gasteiger partial charge in [-0.3, -0.25) is 19.3 Å². The summed E-state index contributed by atoms with van der Waals surface area (Å²) in [7, 11) is 0. The van der Waals surface area contributed by atoms with E-state index in [1.54, 1.807) is 24.3 Å². The topological polar surface area (TPSA) is 90.0 Å². The number of cyclic esters (lactones) is 1. The molecule has 28 heavy (non-hydrogen) atoms. The molecule has 2 atom stereocenters. The molecular weight excluding hydrogens is 362 g/mol. The molecule has 1 saturated heterocycles. The minimum Gasteiger partial charge on any atom is -0.461 e. The van der Waals surface area contributed by atoms with Crippen LogP contribution in [0.3, 0.4) is 0 Å². The summed E-state index contributed by atoms with van der Waals surface area (Å²) in [6.45, 7) is 0.127. The van der Waals surface area contributed by atoms with Gasteiger partial charge in [-0.15, -0.1) is 0 Å². The number of amides is 2. The highest BCUT2D eigenvalue weighted by molar-refractivity contribution is 6.22. The molecule has 0 bridgehead atoms. The van der Waals surface area contributed by atoms with Crippen LogP contribution < -0.4 is 0 Å². The Labute approximate surface area is 160 Å². The molecule has 0 N–H and O–H groups in total. The van der Waals surface area contributed by atoms with Gasteiger partial charge in [0.15, 0.2) is 0 Å². The first kappa shape index (κ1) is 17.9. The lowest BCUT2D eigenvalue weighted by atomic mass is 10.1. The number of hydrogen-bond donors (Lipinski definition) is 0. The lowest BCUT2D eigenvalue weighted by molar-refractivity contribution is -0.151. The lowest BCUT2D eigenvalue weighted by Gasteiger charge is -2.18. The Kier molecular flexibility index (Phi) is 4.65. The minimum atomic E-state index is -1.03. The van der Waals surface area contributed by atoms with E-state index in [4.69, 9.17) is 9.47 Å². The van der Waals surface area contributed by atoms with E-state index in [1.807, 2.05) is 30.3 Å². The molecule has 0 aromatic heterocycles. The van der Waals surface area contributed by atoms with Gasteiger partial charge < -0.3 is 9.47 Å². The Morgan fingerprint density at radius 3 is 2.21 bits per heavy atom. The third-order valence-electron chi connectivity index (χ3n) is 4.82. The molecule has 2 heterocycles. The van der Waals surface area contributed by atoms with Crippen LogP contribution in [0.2, 0.25) is 0 Å². The summed E-state index contributed by atoms with van der Waals surface area (Å²) in [5.74, 6) is -2.23. The molecule has 142 valence electrons. The van der Waals surface area contributed by atoms with E-state index in [2.05, 4.69) is 0 Å². The fraction of sp³-hybridized carbons (Fsp3) is 0.238. The molecule has 2 aliphatic rings. The number of carbonyl (C=O) groups excluding carboxylic acids is 4. The second-order valence-electron chi connectivity index (χ2n) is 6.69. The van der Waals surface area contributed by atoms with Crippen LogP contribution in [0.4, 0.5) is 0 Å². The van der Waals surface area contributed by atoms with Crippen molar-refractivity contribution in [3.05, 3.63) is 71.3 Å². The van der Waals surface area contributed by atoms with Crippen molar-refractivity contribution in [1.82, 2.24) is 4.90 Å². The van der Waals surface area contributed by atoms with E-state index in [0.717, 1.165) is 10.5 Å².